The van der Waals surface area contributed by atoms with Crippen molar-refractivity contribution in [2.45, 2.75) is 22.4 Å². The van der Waals surface area contributed by atoms with Crippen LogP contribution in [0.1, 0.15) is 28.2 Å². The predicted octanol–water partition coefficient (Wildman–Crippen LogP) is 2.41. The highest BCUT2D eigenvalue weighted by Gasteiger charge is 2.33. The van der Waals surface area contributed by atoms with Gasteiger partial charge in [-0.25, -0.2) is 13.4 Å². The second-order valence-electron chi connectivity index (χ2n) is 6.12. The van der Waals surface area contributed by atoms with Crippen molar-refractivity contribution < 1.29 is 26.4 Å². The van der Waals surface area contributed by atoms with Crippen LogP contribution in [-0.2, 0) is 16.0 Å². The highest BCUT2D eigenvalue weighted by Crippen LogP contribution is 2.34. The van der Waals surface area contributed by atoms with Gasteiger partial charge in [0, 0.05) is 6.54 Å². The van der Waals surface area contributed by atoms with Crippen LogP contribution in [0, 0.1) is 0 Å². The number of amides is 1. The molecule has 10 heteroatoms. The zero-order valence-electron chi connectivity index (χ0n) is 14.5. The van der Waals surface area contributed by atoms with Crippen LogP contribution in [0.25, 0.3) is 5.57 Å². The van der Waals surface area contributed by atoms with Crippen molar-refractivity contribution in [3.05, 3.63) is 59.4 Å². The van der Waals surface area contributed by atoms with Crippen molar-refractivity contribution in [2.24, 2.45) is 5.73 Å². The molecule has 0 unspecified atom stereocenters. The number of primary amides is 1. The minimum Gasteiger partial charge on any atom is -0.364 e. The molecule has 1 amide bonds. The van der Waals surface area contributed by atoms with E-state index in [1.165, 1.54) is 0 Å². The number of sulfone groups is 1. The summed E-state index contributed by atoms with van der Waals surface area (Å²) < 4.78 is 65.2. The third kappa shape index (κ3) is 3.92. The fourth-order valence-electron chi connectivity index (χ4n) is 2.83. The Morgan fingerprint density at radius 1 is 1.18 bits per heavy atom. The van der Waals surface area contributed by atoms with Gasteiger partial charge in [0.2, 0.25) is 9.84 Å². The summed E-state index contributed by atoms with van der Waals surface area (Å²) in [5.41, 5.74) is 4.64. The summed E-state index contributed by atoms with van der Waals surface area (Å²) in [5, 5.41) is 3.07. The molecule has 1 aromatic carbocycles. The predicted molar refractivity (Wildman–Crippen MR) is 95.1 cm³/mol. The SMILES string of the molecule is NC(=O)c1ccc(S(=O)(=O)c2cccc(C(F)(F)F)c2)c(C2=CCNCC2)n1. The Hall–Kier alpha value is -2.72. The number of benzene rings is 1. The van der Waals surface area contributed by atoms with Gasteiger partial charge in [0.1, 0.15) is 5.69 Å². The summed E-state index contributed by atoms with van der Waals surface area (Å²) in [6, 6.07) is 5.80. The quantitative estimate of drug-likeness (QED) is 0.805. The molecular formula is C18H16F3N3O3S. The number of rotatable bonds is 4. The fourth-order valence-corrected chi connectivity index (χ4v) is 4.31. The van der Waals surface area contributed by atoms with Gasteiger partial charge in [-0.1, -0.05) is 12.1 Å². The Balaban J connectivity index is 2.19. The number of aromatic nitrogens is 1. The van der Waals surface area contributed by atoms with E-state index in [0.29, 0.717) is 31.1 Å². The van der Waals surface area contributed by atoms with Crippen LogP contribution in [0.4, 0.5) is 13.2 Å². The summed E-state index contributed by atoms with van der Waals surface area (Å²) in [6.45, 7) is 1.04. The van der Waals surface area contributed by atoms with Gasteiger partial charge in [0.15, 0.2) is 0 Å². The number of hydrogen-bond acceptors (Lipinski definition) is 5. The number of hydrogen-bond donors (Lipinski definition) is 2. The van der Waals surface area contributed by atoms with Crippen molar-refractivity contribution in [2.75, 3.05) is 13.1 Å². The summed E-state index contributed by atoms with van der Waals surface area (Å²) in [6.07, 6.45) is -2.51. The molecule has 1 aromatic heterocycles. The Bertz CT molecular complexity index is 1060. The van der Waals surface area contributed by atoms with Gasteiger partial charge in [-0.3, -0.25) is 4.79 Å². The molecular weight excluding hydrogens is 395 g/mol. The summed E-state index contributed by atoms with van der Waals surface area (Å²) in [7, 11) is -4.32. The smallest absolute Gasteiger partial charge is 0.364 e. The molecule has 6 nitrogen and oxygen atoms in total. The molecule has 28 heavy (non-hydrogen) atoms. The lowest BCUT2D eigenvalue weighted by molar-refractivity contribution is -0.137. The van der Waals surface area contributed by atoms with Crippen LogP contribution < -0.4 is 11.1 Å². The number of alkyl halides is 3. The Labute approximate surface area is 159 Å². The fraction of sp³-hybridized carbons (Fsp3) is 0.222. The zero-order valence-corrected chi connectivity index (χ0v) is 15.3. The maximum Gasteiger partial charge on any atom is 0.416 e. The Kier molecular flexibility index (Phi) is 5.26. The molecule has 148 valence electrons. The van der Waals surface area contributed by atoms with Crippen LogP contribution in [0.5, 0.6) is 0 Å². The van der Waals surface area contributed by atoms with Crippen LogP contribution in [0.3, 0.4) is 0 Å². The van der Waals surface area contributed by atoms with Gasteiger partial charge in [0.25, 0.3) is 5.91 Å². The van der Waals surface area contributed by atoms with Crippen molar-refractivity contribution in [3.63, 3.8) is 0 Å². The van der Waals surface area contributed by atoms with E-state index in [1.54, 1.807) is 6.08 Å². The minimum atomic E-state index is -4.68. The van der Waals surface area contributed by atoms with Crippen molar-refractivity contribution in [1.82, 2.24) is 10.3 Å². The minimum absolute atomic E-state index is 0.0233. The molecule has 2 heterocycles. The average Bonchev–Trinajstić information content (AvgIpc) is 2.67. The highest BCUT2D eigenvalue weighted by atomic mass is 32.2. The zero-order chi connectivity index (χ0) is 20.5. The third-order valence-corrected chi connectivity index (χ3v) is 6.02. The lowest BCUT2D eigenvalue weighted by Gasteiger charge is -2.17. The standard InChI is InChI=1S/C18H16F3N3O3S/c19-18(20,21)12-2-1-3-13(10-12)28(26,27)15-5-4-14(17(22)25)24-16(15)11-6-8-23-9-7-11/h1-6,10,23H,7-9H2,(H2,22,25). The van der Waals surface area contributed by atoms with E-state index < -0.39 is 32.4 Å². The van der Waals surface area contributed by atoms with Gasteiger partial charge in [-0.05, 0) is 48.9 Å². The maximum atomic E-state index is 13.1. The number of carbonyl (C=O) groups excluding carboxylic acids is 1. The lowest BCUT2D eigenvalue weighted by atomic mass is 10.0. The monoisotopic (exact) mass is 411 g/mol. The van der Waals surface area contributed by atoms with E-state index in [9.17, 15) is 26.4 Å². The second-order valence-corrected chi connectivity index (χ2v) is 8.04. The maximum absolute atomic E-state index is 13.1. The molecule has 1 aliphatic heterocycles. The third-order valence-electron chi connectivity index (χ3n) is 4.24. The molecule has 0 fully saturated rings. The second kappa shape index (κ2) is 7.36. The summed E-state index contributed by atoms with van der Waals surface area (Å²) >= 11 is 0. The van der Waals surface area contributed by atoms with E-state index in [4.69, 9.17) is 5.73 Å². The van der Waals surface area contributed by atoms with E-state index in [0.717, 1.165) is 30.3 Å². The van der Waals surface area contributed by atoms with Crippen LogP contribution in [0.15, 0.2) is 52.3 Å². The van der Waals surface area contributed by atoms with E-state index in [-0.39, 0.29) is 16.3 Å². The first-order valence-electron chi connectivity index (χ1n) is 8.24. The van der Waals surface area contributed by atoms with Crippen LogP contribution in [-0.4, -0.2) is 32.4 Å². The van der Waals surface area contributed by atoms with Gasteiger partial charge < -0.3 is 11.1 Å². The first-order chi connectivity index (χ1) is 13.1. The van der Waals surface area contributed by atoms with Gasteiger partial charge in [-0.2, -0.15) is 13.2 Å². The molecule has 0 atom stereocenters. The largest absolute Gasteiger partial charge is 0.416 e. The first kappa shape index (κ1) is 20.0. The molecule has 2 aromatic rings. The molecule has 3 N–H and O–H groups in total. The van der Waals surface area contributed by atoms with Crippen molar-refractivity contribution >= 4 is 21.3 Å². The normalized spacial score (nSPS) is 15.2. The molecule has 0 radical (unpaired) electrons. The topological polar surface area (TPSA) is 102 Å². The summed E-state index contributed by atoms with van der Waals surface area (Å²) in [4.78, 5) is 14.8. The number of nitrogens with zero attached hydrogens (tertiary/aromatic N) is 1. The van der Waals surface area contributed by atoms with E-state index in [2.05, 4.69) is 10.3 Å². The van der Waals surface area contributed by atoms with Crippen molar-refractivity contribution in [3.8, 4) is 0 Å². The number of halogens is 3. The Morgan fingerprint density at radius 2 is 1.93 bits per heavy atom. The van der Waals surface area contributed by atoms with E-state index >= 15 is 0 Å². The molecule has 0 saturated carbocycles. The Morgan fingerprint density at radius 3 is 2.54 bits per heavy atom. The number of nitrogens with one attached hydrogen (secondary N) is 1. The first-order valence-corrected chi connectivity index (χ1v) is 9.72. The highest BCUT2D eigenvalue weighted by molar-refractivity contribution is 7.91. The number of nitrogens with two attached hydrogens (primary N) is 1. The van der Waals surface area contributed by atoms with Crippen LogP contribution in [0.2, 0.25) is 0 Å². The molecule has 0 spiro atoms. The summed E-state index contributed by atoms with van der Waals surface area (Å²) in [5.74, 6) is -0.834. The van der Waals surface area contributed by atoms with E-state index in [1.807, 2.05) is 0 Å². The van der Waals surface area contributed by atoms with Crippen LogP contribution >= 0.6 is 0 Å². The average molecular weight is 411 g/mol. The molecule has 0 saturated heterocycles. The molecule has 0 aliphatic carbocycles. The van der Waals surface area contributed by atoms with Gasteiger partial charge in [0.05, 0.1) is 21.0 Å². The molecule has 0 bridgehead atoms. The molecule has 3 rings (SSSR count). The molecule has 1 aliphatic rings. The lowest BCUT2D eigenvalue weighted by Crippen LogP contribution is -2.22. The number of pyridine rings is 1. The van der Waals surface area contributed by atoms with Gasteiger partial charge >= 0.3 is 6.18 Å². The van der Waals surface area contributed by atoms with Gasteiger partial charge in [-0.15, -0.1) is 0 Å². The van der Waals surface area contributed by atoms with Crippen molar-refractivity contribution in [1.29, 1.82) is 0 Å². The number of carbonyl (C=O) groups is 1.